The van der Waals surface area contributed by atoms with Crippen LogP contribution in [-0.4, -0.2) is 26.9 Å². The third-order valence-corrected chi connectivity index (χ3v) is 6.39. The van der Waals surface area contributed by atoms with Crippen LogP contribution in [0.4, 0.5) is 10.5 Å². The van der Waals surface area contributed by atoms with E-state index < -0.39 is 22.0 Å². The number of nitro groups is 1. The monoisotopic (exact) mass is 528 g/mol. The Morgan fingerprint density at radius 1 is 1.06 bits per heavy atom. The molecule has 1 heterocycles. The molecule has 11 heteroatoms. The number of halogens is 2. The number of rotatable bonds is 6. The summed E-state index contributed by atoms with van der Waals surface area (Å²) in [5.74, 6) is -0.967. The summed E-state index contributed by atoms with van der Waals surface area (Å²) in [6.07, 6.45) is 1.53. The first-order valence-electron chi connectivity index (χ1n) is 9.97. The molecule has 0 bridgehead atoms. The summed E-state index contributed by atoms with van der Waals surface area (Å²) in [5, 5.41) is 11.1. The molecule has 0 aliphatic carbocycles. The highest BCUT2D eigenvalue weighted by atomic mass is 35.5. The minimum absolute atomic E-state index is 0.00486. The van der Waals surface area contributed by atoms with Gasteiger partial charge < -0.3 is 4.74 Å². The van der Waals surface area contributed by atoms with Gasteiger partial charge in [-0.05, 0) is 65.4 Å². The number of esters is 1. The van der Waals surface area contributed by atoms with E-state index in [1.807, 2.05) is 0 Å². The standard InChI is InChI=1S/C24H14Cl2N2O6S/c25-17-7-4-16(20(26)12-17)13-27-22(29)21(35-24(27)31)11-14-2-1-3-19(10-14)34-23(30)15-5-8-18(9-6-15)28(32)33/h1-12H,13H2/b21-11-. The predicted molar refractivity (Wildman–Crippen MR) is 132 cm³/mol. The van der Waals surface area contributed by atoms with Crippen LogP contribution in [0, 0.1) is 10.1 Å². The minimum Gasteiger partial charge on any atom is -0.423 e. The number of imide groups is 1. The number of hydrogen-bond acceptors (Lipinski definition) is 7. The summed E-state index contributed by atoms with van der Waals surface area (Å²) in [6, 6.07) is 16.2. The lowest BCUT2D eigenvalue weighted by molar-refractivity contribution is -0.384. The molecule has 4 rings (SSSR count). The lowest BCUT2D eigenvalue weighted by atomic mass is 10.2. The fraction of sp³-hybridized carbons (Fsp3) is 0.0417. The van der Waals surface area contributed by atoms with Gasteiger partial charge in [0.1, 0.15) is 5.75 Å². The van der Waals surface area contributed by atoms with E-state index >= 15 is 0 Å². The molecule has 0 saturated carbocycles. The van der Waals surface area contributed by atoms with Crippen molar-refractivity contribution in [3.05, 3.63) is 108 Å². The van der Waals surface area contributed by atoms with Gasteiger partial charge in [0.15, 0.2) is 0 Å². The van der Waals surface area contributed by atoms with Crippen LogP contribution in [0.2, 0.25) is 10.0 Å². The molecule has 0 unspecified atom stereocenters. The van der Waals surface area contributed by atoms with Crippen molar-refractivity contribution in [1.29, 1.82) is 0 Å². The van der Waals surface area contributed by atoms with Gasteiger partial charge >= 0.3 is 5.97 Å². The van der Waals surface area contributed by atoms with Gasteiger partial charge in [-0.25, -0.2) is 4.79 Å². The molecular formula is C24H14Cl2N2O6S. The summed E-state index contributed by atoms with van der Waals surface area (Å²) < 4.78 is 5.34. The van der Waals surface area contributed by atoms with Crippen LogP contribution in [0.5, 0.6) is 5.75 Å². The molecule has 176 valence electrons. The topological polar surface area (TPSA) is 107 Å². The summed E-state index contributed by atoms with van der Waals surface area (Å²) in [4.78, 5) is 49.2. The maximum Gasteiger partial charge on any atom is 0.343 e. The van der Waals surface area contributed by atoms with Crippen molar-refractivity contribution >= 4 is 63.8 Å². The second-order valence-corrected chi connectivity index (χ2v) is 9.11. The highest BCUT2D eigenvalue weighted by molar-refractivity contribution is 8.18. The second-order valence-electron chi connectivity index (χ2n) is 7.27. The molecule has 0 aromatic heterocycles. The largest absolute Gasteiger partial charge is 0.423 e. The van der Waals surface area contributed by atoms with Crippen molar-refractivity contribution in [3.8, 4) is 5.75 Å². The Kier molecular flexibility index (Phi) is 7.20. The van der Waals surface area contributed by atoms with E-state index in [0.717, 1.165) is 16.7 Å². The molecule has 8 nitrogen and oxygen atoms in total. The number of nitrogens with zero attached hydrogens (tertiary/aromatic N) is 2. The molecule has 2 amide bonds. The first kappa shape index (κ1) is 24.5. The number of amides is 2. The quantitative estimate of drug-likeness (QED) is 0.120. The number of ether oxygens (including phenoxy) is 1. The molecule has 1 aliphatic heterocycles. The zero-order chi connectivity index (χ0) is 25.1. The van der Waals surface area contributed by atoms with Gasteiger partial charge in [-0.15, -0.1) is 0 Å². The minimum atomic E-state index is -0.697. The van der Waals surface area contributed by atoms with Crippen molar-refractivity contribution in [2.45, 2.75) is 6.54 Å². The number of hydrogen-bond donors (Lipinski definition) is 0. The average molecular weight is 529 g/mol. The zero-order valence-electron chi connectivity index (χ0n) is 17.6. The lowest BCUT2D eigenvalue weighted by Gasteiger charge is -2.13. The molecule has 35 heavy (non-hydrogen) atoms. The molecule has 0 N–H and O–H groups in total. The van der Waals surface area contributed by atoms with Gasteiger partial charge in [-0.3, -0.25) is 24.6 Å². The van der Waals surface area contributed by atoms with E-state index in [0.29, 0.717) is 21.2 Å². The molecule has 0 radical (unpaired) electrons. The van der Waals surface area contributed by atoms with Gasteiger partial charge in [-0.1, -0.05) is 41.4 Å². The van der Waals surface area contributed by atoms with Gasteiger partial charge in [-0.2, -0.15) is 0 Å². The molecule has 0 spiro atoms. The predicted octanol–water partition coefficient (Wildman–Crippen LogP) is 6.36. The van der Waals surface area contributed by atoms with E-state index in [9.17, 15) is 24.5 Å². The van der Waals surface area contributed by atoms with Crippen LogP contribution in [-0.2, 0) is 11.3 Å². The van der Waals surface area contributed by atoms with E-state index in [1.165, 1.54) is 42.5 Å². The SMILES string of the molecule is O=C(Oc1cccc(/C=C2\SC(=O)N(Cc3ccc(Cl)cc3Cl)C2=O)c1)c1ccc([N+](=O)[O-])cc1. The van der Waals surface area contributed by atoms with Crippen molar-refractivity contribution in [1.82, 2.24) is 4.90 Å². The van der Waals surface area contributed by atoms with Gasteiger partial charge in [0.2, 0.25) is 0 Å². The summed E-state index contributed by atoms with van der Waals surface area (Å²) in [6.45, 7) is 0.00486. The molecule has 3 aromatic carbocycles. The number of nitro benzene ring substituents is 1. The Morgan fingerprint density at radius 3 is 2.49 bits per heavy atom. The van der Waals surface area contributed by atoms with Crippen molar-refractivity contribution < 1.29 is 24.0 Å². The number of benzene rings is 3. The average Bonchev–Trinajstić information content (AvgIpc) is 3.08. The van der Waals surface area contributed by atoms with Gasteiger partial charge in [0.25, 0.3) is 16.8 Å². The third-order valence-electron chi connectivity index (χ3n) is 4.90. The van der Waals surface area contributed by atoms with Crippen LogP contribution in [0.25, 0.3) is 6.08 Å². The number of non-ortho nitro benzene ring substituents is 1. The van der Waals surface area contributed by atoms with Crippen molar-refractivity contribution in [2.24, 2.45) is 0 Å². The zero-order valence-corrected chi connectivity index (χ0v) is 20.0. The molecule has 1 aliphatic rings. The Morgan fingerprint density at radius 2 is 1.80 bits per heavy atom. The Bertz CT molecular complexity index is 1390. The first-order chi connectivity index (χ1) is 16.7. The number of carbonyl (C=O) groups is 3. The van der Waals surface area contributed by atoms with Crippen molar-refractivity contribution in [2.75, 3.05) is 0 Å². The molecule has 1 fully saturated rings. The summed E-state index contributed by atoms with van der Waals surface area (Å²) in [7, 11) is 0. The highest BCUT2D eigenvalue weighted by Gasteiger charge is 2.35. The maximum atomic E-state index is 12.8. The molecule has 1 saturated heterocycles. The number of thioether (sulfide) groups is 1. The number of carbonyl (C=O) groups excluding carboxylic acids is 3. The van der Waals surface area contributed by atoms with Gasteiger partial charge in [0.05, 0.1) is 21.9 Å². The van der Waals surface area contributed by atoms with Crippen LogP contribution in [0.3, 0.4) is 0 Å². The summed E-state index contributed by atoms with van der Waals surface area (Å²) >= 11 is 12.9. The second kappa shape index (κ2) is 10.3. The van der Waals surface area contributed by atoms with E-state index in [1.54, 1.807) is 30.3 Å². The van der Waals surface area contributed by atoms with Gasteiger partial charge in [0, 0.05) is 22.2 Å². The van der Waals surface area contributed by atoms with Crippen LogP contribution >= 0.6 is 35.0 Å². The Labute approximate surface area is 213 Å². The summed E-state index contributed by atoms with van der Waals surface area (Å²) in [5.41, 5.74) is 1.12. The fourth-order valence-corrected chi connectivity index (χ4v) is 4.47. The molecule has 3 aromatic rings. The molecule has 0 atom stereocenters. The van der Waals surface area contributed by atoms with E-state index in [-0.39, 0.29) is 28.5 Å². The van der Waals surface area contributed by atoms with E-state index in [4.69, 9.17) is 27.9 Å². The Hall–Kier alpha value is -3.66. The lowest BCUT2D eigenvalue weighted by Crippen LogP contribution is -2.27. The normalized spacial score (nSPS) is 14.5. The highest BCUT2D eigenvalue weighted by Crippen LogP contribution is 2.35. The van der Waals surface area contributed by atoms with E-state index in [2.05, 4.69) is 0 Å². The van der Waals surface area contributed by atoms with Crippen LogP contribution in [0.15, 0.2) is 71.6 Å². The Balaban J connectivity index is 1.48. The molecular weight excluding hydrogens is 515 g/mol. The smallest absolute Gasteiger partial charge is 0.343 e. The third kappa shape index (κ3) is 5.71. The van der Waals surface area contributed by atoms with Crippen molar-refractivity contribution in [3.63, 3.8) is 0 Å². The maximum absolute atomic E-state index is 12.8. The van der Waals surface area contributed by atoms with Crippen LogP contribution in [0.1, 0.15) is 21.5 Å². The fourth-order valence-electron chi connectivity index (χ4n) is 3.16. The first-order valence-corrected chi connectivity index (χ1v) is 11.5. The van der Waals surface area contributed by atoms with Crippen LogP contribution < -0.4 is 4.74 Å².